The molecule has 1 aliphatic heterocycles. The summed E-state index contributed by atoms with van der Waals surface area (Å²) in [6, 6.07) is 25.2. The van der Waals surface area contributed by atoms with Gasteiger partial charge < -0.3 is 10.1 Å². The lowest BCUT2D eigenvalue weighted by Gasteiger charge is -2.35. The monoisotopic (exact) mass is 555 g/mol. The molecule has 1 saturated heterocycles. The zero-order valence-electron chi connectivity index (χ0n) is 19.8. The standard InChI is InChI=1S/C29H22BrN3O4/c1-37-29(36)25-22(16-17-23-24(28(35)31-23)18-8-4-2-5-9-18)26(27(34)19-10-6-3-7-11-19)33(32-25)21-14-12-20(30)13-15-21/h2-17,23-24H,1H3,(H,31,35)/b17-16+/t23-,24+/m0/s1. The van der Waals surface area contributed by atoms with Crippen LogP contribution in [-0.4, -0.2) is 40.6 Å². The lowest BCUT2D eigenvalue weighted by molar-refractivity contribution is -0.129. The van der Waals surface area contributed by atoms with Crippen molar-refractivity contribution in [2.24, 2.45) is 0 Å². The molecule has 0 bridgehead atoms. The van der Waals surface area contributed by atoms with Gasteiger partial charge in [0.2, 0.25) is 11.7 Å². The minimum atomic E-state index is -0.671. The van der Waals surface area contributed by atoms with E-state index in [1.54, 1.807) is 48.6 Å². The minimum absolute atomic E-state index is 0.00265. The Balaban J connectivity index is 1.64. The number of nitrogens with one attached hydrogen (secondary N) is 1. The number of rotatable bonds is 7. The lowest BCUT2D eigenvalue weighted by Crippen LogP contribution is -2.55. The molecular weight excluding hydrogens is 534 g/mol. The number of carbonyl (C=O) groups is 3. The molecule has 1 aromatic heterocycles. The molecule has 184 valence electrons. The number of β-lactam (4-membered cyclic amide) rings is 1. The van der Waals surface area contributed by atoms with E-state index in [2.05, 4.69) is 26.3 Å². The zero-order chi connectivity index (χ0) is 25.9. The van der Waals surface area contributed by atoms with Crippen molar-refractivity contribution in [3.63, 3.8) is 0 Å². The van der Waals surface area contributed by atoms with Crippen LogP contribution < -0.4 is 5.32 Å². The number of amides is 1. The van der Waals surface area contributed by atoms with E-state index in [0.29, 0.717) is 16.8 Å². The number of nitrogens with zero attached hydrogens (tertiary/aromatic N) is 2. The summed E-state index contributed by atoms with van der Waals surface area (Å²) in [5.74, 6) is -1.42. The van der Waals surface area contributed by atoms with Crippen molar-refractivity contribution in [3.05, 3.63) is 124 Å². The van der Waals surface area contributed by atoms with Gasteiger partial charge in [-0.3, -0.25) is 9.59 Å². The fraction of sp³-hybridized carbons (Fsp3) is 0.103. The second-order valence-corrected chi connectivity index (χ2v) is 9.38. The largest absolute Gasteiger partial charge is 0.464 e. The fourth-order valence-corrected chi connectivity index (χ4v) is 4.60. The molecule has 0 unspecified atom stereocenters. The lowest BCUT2D eigenvalue weighted by atomic mass is 9.83. The van der Waals surface area contributed by atoms with Gasteiger partial charge in [-0.05, 0) is 29.8 Å². The molecule has 1 N–H and O–H groups in total. The summed E-state index contributed by atoms with van der Waals surface area (Å²) >= 11 is 3.42. The number of aromatic nitrogens is 2. The SMILES string of the molecule is COC(=O)c1nn(-c2ccc(Br)cc2)c(C(=O)c2ccccc2)c1/C=C/[C@@H]1NC(=O)[C@@H]1c1ccccc1. The Morgan fingerprint density at radius 2 is 1.62 bits per heavy atom. The summed E-state index contributed by atoms with van der Waals surface area (Å²) in [6.45, 7) is 0. The van der Waals surface area contributed by atoms with E-state index in [4.69, 9.17) is 4.74 Å². The van der Waals surface area contributed by atoms with Gasteiger partial charge in [0.1, 0.15) is 5.69 Å². The summed E-state index contributed by atoms with van der Waals surface area (Å²) in [5, 5.41) is 7.40. The molecule has 0 radical (unpaired) electrons. The molecule has 1 fully saturated rings. The van der Waals surface area contributed by atoms with Crippen LogP contribution in [0, 0.1) is 0 Å². The molecule has 0 saturated carbocycles. The van der Waals surface area contributed by atoms with Gasteiger partial charge in [-0.25, -0.2) is 9.48 Å². The summed E-state index contributed by atoms with van der Waals surface area (Å²) in [7, 11) is 1.27. The molecule has 2 atom stereocenters. The summed E-state index contributed by atoms with van der Waals surface area (Å²) in [6.07, 6.45) is 3.46. The van der Waals surface area contributed by atoms with Gasteiger partial charge in [0.25, 0.3) is 0 Å². The second-order valence-electron chi connectivity index (χ2n) is 8.47. The second kappa shape index (κ2) is 10.4. The first-order valence-electron chi connectivity index (χ1n) is 11.6. The van der Waals surface area contributed by atoms with Crippen molar-refractivity contribution < 1.29 is 19.1 Å². The highest BCUT2D eigenvalue weighted by Crippen LogP contribution is 2.30. The highest BCUT2D eigenvalue weighted by molar-refractivity contribution is 9.10. The first kappa shape index (κ1) is 24.4. The molecule has 37 heavy (non-hydrogen) atoms. The van der Waals surface area contributed by atoms with Crippen LogP contribution in [0.25, 0.3) is 11.8 Å². The summed E-state index contributed by atoms with van der Waals surface area (Å²) in [5.41, 5.74) is 2.48. The van der Waals surface area contributed by atoms with E-state index in [9.17, 15) is 14.4 Å². The number of carbonyl (C=O) groups excluding carboxylic acids is 3. The van der Waals surface area contributed by atoms with E-state index < -0.39 is 5.97 Å². The van der Waals surface area contributed by atoms with Crippen molar-refractivity contribution >= 4 is 39.7 Å². The quantitative estimate of drug-likeness (QED) is 0.198. The van der Waals surface area contributed by atoms with Gasteiger partial charge in [-0.2, -0.15) is 5.10 Å². The van der Waals surface area contributed by atoms with Gasteiger partial charge in [0, 0.05) is 15.6 Å². The van der Waals surface area contributed by atoms with Gasteiger partial charge in [0.15, 0.2) is 5.69 Å². The predicted octanol–water partition coefficient (Wildman–Crippen LogP) is 4.95. The van der Waals surface area contributed by atoms with Crippen LogP contribution in [0.15, 0.2) is 95.5 Å². The topological polar surface area (TPSA) is 90.3 Å². The smallest absolute Gasteiger partial charge is 0.359 e. The molecule has 1 aliphatic rings. The minimum Gasteiger partial charge on any atom is -0.464 e. The third kappa shape index (κ3) is 4.75. The Labute approximate surface area is 221 Å². The Morgan fingerprint density at radius 3 is 2.24 bits per heavy atom. The van der Waals surface area contributed by atoms with Crippen LogP contribution in [0.4, 0.5) is 0 Å². The number of hydrogen-bond acceptors (Lipinski definition) is 5. The highest BCUT2D eigenvalue weighted by Gasteiger charge is 2.39. The maximum absolute atomic E-state index is 13.8. The Hall–Kier alpha value is -4.30. The number of benzene rings is 3. The van der Waals surface area contributed by atoms with Crippen molar-refractivity contribution in [3.8, 4) is 5.69 Å². The first-order chi connectivity index (χ1) is 18.0. The van der Waals surface area contributed by atoms with E-state index in [1.807, 2.05) is 48.5 Å². The Morgan fingerprint density at radius 1 is 0.973 bits per heavy atom. The van der Waals surface area contributed by atoms with Gasteiger partial charge in [-0.15, -0.1) is 0 Å². The molecule has 7 nitrogen and oxygen atoms in total. The van der Waals surface area contributed by atoms with Crippen LogP contribution >= 0.6 is 15.9 Å². The average molecular weight is 556 g/mol. The maximum Gasteiger partial charge on any atom is 0.359 e. The van der Waals surface area contributed by atoms with Crippen LogP contribution in [0.5, 0.6) is 0 Å². The predicted molar refractivity (Wildman–Crippen MR) is 143 cm³/mol. The number of esters is 1. The van der Waals surface area contributed by atoms with Crippen LogP contribution in [-0.2, 0) is 9.53 Å². The third-order valence-corrected chi connectivity index (χ3v) is 6.73. The Bertz CT molecular complexity index is 1500. The number of halogens is 1. The van der Waals surface area contributed by atoms with E-state index in [1.165, 1.54) is 11.8 Å². The zero-order valence-corrected chi connectivity index (χ0v) is 21.4. The Kier molecular flexibility index (Phi) is 6.83. The number of hydrogen-bond donors (Lipinski definition) is 1. The summed E-state index contributed by atoms with van der Waals surface area (Å²) < 4.78 is 7.32. The normalized spacial score (nSPS) is 16.8. The van der Waals surface area contributed by atoms with Crippen LogP contribution in [0.1, 0.15) is 43.6 Å². The molecule has 2 heterocycles. The fourth-order valence-electron chi connectivity index (χ4n) is 4.33. The van der Waals surface area contributed by atoms with E-state index in [-0.39, 0.29) is 35.0 Å². The molecule has 5 rings (SSSR count). The molecule has 1 amide bonds. The first-order valence-corrected chi connectivity index (χ1v) is 12.4. The molecule has 0 aliphatic carbocycles. The van der Waals surface area contributed by atoms with Gasteiger partial charge in [-0.1, -0.05) is 88.7 Å². The summed E-state index contributed by atoms with van der Waals surface area (Å²) in [4.78, 5) is 38.9. The number of ketones is 1. The molecule has 8 heteroatoms. The molecular formula is C29H22BrN3O4. The third-order valence-electron chi connectivity index (χ3n) is 6.20. The average Bonchev–Trinajstić information content (AvgIpc) is 3.30. The van der Waals surface area contributed by atoms with Gasteiger partial charge >= 0.3 is 5.97 Å². The van der Waals surface area contributed by atoms with Gasteiger partial charge in [0.05, 0.1) is 24.8 Å². The van der Waals surface area contributed by atoms with E-state index >= 15 is 0 Å². The van der Waals surface area contributed by atoms with Crippen molar-refractivity contribution in [2.45, 2.75) is 12.0 Å². The van der Waals surface area contributed by atoms with Crippen molar-refractivity contribution in [2.75, 3.05) is 7.11 Å². The van der Waals surface area contributed by atoms with E-state index in [0.717, 1.165) is 10.0 Å². The number of methoxy groups -OCH3 is 1. The molecule has 0 spiro atoms. The maximum atomic E-state index is 13.8. The molecule has 4 aromatic rings. The molecule has 3 aromatic carbocycles. The highest BCUT2D eigenvalue weighted by atomic mass is 79.9. The van der Waals surface area contributed by atoms with Crippen molar-refractivity contribution in [1.29, 1.82) is 0 Å². The van der Waals surface area contributed by atoms with Crippen LogP contribution in [0.3, 0.4) is 0 Å². The van der Waals surface area contributed by atoms with Crippen LogP contribution in [0.2, 0.25) is 0 Å². The van der Waals surface area contributed by atoms with Crippen molar-refractivity contribution in [1.82, 2.24) is 15.1 Å². The number of ether oxygens (including phenoxy) is 1.